The molecule has 3 N–H and O–H groups in total. The molecule has 0 radical (unpaired) electrons. The van der Waals surface area contributed by atoms with E-state index >= 15 is 0 Å². The lowest BCUT2D eigenvalue weighted by Crippen LogP contribution is -2.12. The number of nitrogens with zero attached hydrogens (tertiary/aromatic N) is 2. The van der Waals surface area contributed by atoms with Crippen molar-refractivity contribution in [3.8, 4) is 17.3 Å². The molecule has 0 aliphatic rings. The van der Waals surface area contributed by atoms with Crippen molar-refractivity contribution in [3.63, 3.8) is 0 Å². The summed E-state index contributed by atoms with van der Waals surface area (Å²) in [6, 6.07) is 21.4. The van der Waals surface area contributed by atoms with E-state index < -0.39 is 5.91 Å². The molecule has 0 aliphatic heterocycles. The Morgan fingerprint density at radius 2 is 1.62 bits per heavy atom. The van der Waals surface area contributed by atoms with Crippen LogP contribution in [0.1, 0.15) is 32.1 Å². The molecule has 2 heterocycles. The lowest BCUT2D eigenvalue weighted by molar-refractivity contribution is 0.0997. The zero-order valence-electron chi connectivity index (χ0n) is 17.7. The predicted molar refractivity (Wildman–Crippen MR) is 122 cm³/mol. The SMILES string of the molecule is Cc1ccc(C)n1-c1ccc(C(=O)Nc2ccc(Oc3cccc(C(N)=O)c3)nc2)cc1. The van der Waals surface area contributed by atoms with E-state index in [2.05, 4.69) is 27.0 Å². The summed E-state index contributed by atoms with van der Waals surface area (Å²) in [6.07, 6.45) is 1.51. The molecular weight excluding hydrogens is 404 g/mol. The van der Waals surface area contributed by atoms with Gasteiger partial charge in [0.15, 0.2) is 0 Å². The van der Waals surface area contributed by atoms with E-state index in [4.69, 9.17) is 10.5 Å². The molecule has 0 bridgehead atoms. The number of pyridine rings is 1. The highest BCUT2D eigenvalue weighted by Gasteiger charge is 2.09. The standard InChI is InChI=1S/C25H22N4O3/c1-16-6-7-17(2)29(16)21-11-8-18(9-12-21)25(31)28-20-10-13-23(27-15-20)32-22-5-3-4-19(14-22)24(26)30/h3-15H,1-2H3,(H2,26,30)(H,28,31). The number of carbonyl (C=O) groups is 2. The van der Waals surface area contributed by atoms with Crippen LogP contribution in [0.2, 0.25) is 0 Å². The number of amides is 2. The van der Waals surface area contributed by atoms with Crippen molar-refractivity contribution < 1.29 is 14.3 Å². The van der Waals surface area contributed by atoms with Gasteiger partial charge in [-0.2, -0.15) is 0 Å². The Morgan fingerprint density at radius 3 is 2.25 bits per heavy atom. The van der Waals surface area contributed by atoms with Gasteiger partial charge >= 0.3 is 0 Å². The van der Waals surface area contributed by atoms with Gasteiger partial charge in [0.1, 0.15) is 5.75 Å². The van der Waals surface area contributed by atoms with Gasteiger partial charge in [0, 0.05) is 34.3 Å². The lowest BCUT2D eigenvalue weighted by atomic mass is 10.2. The third-order valence-corrected chi connectivity index (χ3v) is 4.99. The van der Waals surface area contributed by atoms with E-state index in [9.17, 15) is 9.59 Å². The smallest absolute Gasteiger partial charge is 0.255 e. The van der Waals surface area contributed by atoms with Crippen molar-refractivity contribution >= 4 is 17.5 Å². The number of rotatable bonds is 6. The maximum atomic E-state index is 12.6. The number of nitrogens with one attached hydrogen (secondary N) is 1. The minimum Gasteiger partial charge on any atom is -0.439 e. The van der Waals surface area contributed by atoms with Crippen molar-refractivity contribution in [2.24, 2.45) is 5.73 Å². The van der Waals surface area contributed by atoms with E-state index in [0.29, 0.717) is 28.4 Å². The largest absolute Gasteiger partial charge is 0.439 e. The molecule has 0 unspecified atom stereocenters. The van der Waals surface area contributed by atoms with Gasteiger partial charge in [0.25, 0.3) is 5.91 Å². The van der Waals surface area contributed by atoms with Crippen molar-refractivity contribution in [1.82, 2.24) is 9.55 Å². The molecule has 0 aliphatic carbocycles. The molecule has 2 aromatic heterocycles. The quantitative estimate of drug-likeness (QED) is 0.469. The molecule has 4 rings (SSSR count). The number of hydrogen-bond donors (Lipinski definition) is 2. The first-order chi connectivity index (χ1) is 15.4. The number of ether oxygens (including phenoxy) is 1. The second-order valence-corrected chi connectivity index (χ2v) is 7.33. The first kappa shape index (κ1) is 20.9. The van der Waals surface area contributed by atoms with Crippen LogP contribution in [0, 0.1) is 13.8 Å². The van der Waals surface area contributed by atoms with E-state index in [1.807, 2.05) is 26.0 Å². The highest BCUT2D eigenvalue weighted by atomic mass is 16.5. The van der Waals surface area contributed by atoms with Gasteiger partial charge < -0.3 is 20.4 Å². The highest BCUT2D eigenvalue weighted by Crippen LogP contribution is 2.22. The molecule has 0 saturated carbocycles. The third kappa shape index (κ3) is 4.52. The summed E-state index contributed by atoms with van der Waals surface area (Å²) in [5.74, 6) is 0.000495. The van der Waals surface area contributed by atoms with Crippen molar-refractivity contribution in [3.05, 3.63) is 102 Å². The normalized spacial score (nSPS) is 10.6. The van der Waals surface area contributed by atoms with E-state index in [0.717, 1.165) is 17.1 Å². The molecule has 7 heteroatoms. The number of aryl methyl sites for hydroxylation is 2. The van der Waals surface area contributed by atoms with Gasteiger partial charge in [-0.15, -0.1) is 0 Å². The zero-order valence-corrected chi connectivity index (χ0v) is 17.7. The fourth-order valence-electron chi connectivity index (χ4n) is 3.39. The van der Waals surface area contributed by atoms with Gasteiger partial charge in [-0.3, -0.25) is 9.59 Å². The Balaban J connectivity index is 1.41. The Hall–Kier alpha value is -4.39. The molecule has 7 nitrogen and oxygen atoms in total. The van der Waals surface area contributed by atoms with Crippen LogP contribution < -0.4 is 15.8 Å². The fourth-order valence-corrected chi connectivity index (χ4v) is 3.39. The third-order valence-electron chi connectivity index (χ3n) is 4.99. The summed E-state index contributed by atoms with van der Waals surface area (Å²) >= 11 is 0. The second-order valence-electron chi connectivity index (χ2n) is 7.33. The summed E-state index contributed by atoms with van der Waals surface area (Å²) in [4.78, 5) is 28.1. The van der Waals surface area contributed by atoms with Gasteiger partial charge in [-0.1, -0.05) is 6.07 Å². The number of nitrogens with two attached hydrogens (primary N) is 1. The van der Waals surface area contributed by atoms with E-state index in [1.54, 1.807) is 48.5 Å². The zero-order chi connectivity index (χ0) is 22.7. The second kappa shape index (κ2) is 8.77. The lowest BCUT2D eigenvalue weighted by Gasteiger charge is -2.11. The highest BCUT2D eigenvalue weighted by molar-refractivity contribution is 6.04. The van der Waals surface area contributed by atoms with Crippen LogP contribution >= 0.6 is 0 Å². The molecule has 32 heavy (non-hydrogen) atoms. The average molecular weight is 426 g/mol. The Bertz CT molecular complexity index is 1260. The van der Waals surface area contributed by atoms with Crippen LogP contribution in [0.25, 0.3) is 5.69 Å². The molecule has 2 amide bonds. The maximum Gasteiger partial charge on any atom is 0.255 e. The fraction of sp³-hybridized carbons (Fsp3) is 0.0800. The first-order valence-corrected chi connectivity index (χ1v) is 10.0. The van der Waals surface area contributed by atoms with Crippen LogP contribution in [-0.2, 0) is 0 Å². The molecule has 0 fully saturated rings. The van der Waals surface area contributed by atoms with Crippen LogP contribution in [0.3, 0.4) is 0 Å². The predicted octanol–water partition coefficient (Wildman–Crippen LogP) is 4.63. The maximum absolute atomic E-state index is 12.6. The van der Waals surface area contributed by atoms with Crippen molar-refractivity contribution in [2.45, 2.75) is 13.8 Å². The van der Waals surface area contributed by atoms with Gasteiger partial charge in [0.05, 0.1) is 11.9 Å². The van der Waals surface area contributed by atoms with E-state index in [1.165, 1.54) is 6.20 Å². The number of hydrogen-bond acceptors (Lipinski definition) is 4. The minimum absolute atomic E-state index is 0.234. The van der Waals surface area contributed by atoms with Crippen LogP contribution in [-0.4, -0.2) is 21.4 Å². The van der Waals surface area contributed by atoms with Gasteiger partial charge in [-0.05, 0) is 74.5 Å². The molecule has 0 atom stereocenters. The average Bonchev–Trinajstić information content (AvgIpc) is 3.13. The number of aromatic nitrogens is 2. The molecular formula is C25H22N4O3. The van der Waals surface area contributed by atoms with Crippen LogP contribution in [0.4, 0.5) is 5.69 Å². The summed E-state index contributed by atoms with van der Waals surface area (Å²) in [7, 11) is 0. The minimum atomic E-state index is -0.534. The Labute approximate surface area is 185 Å². The Kier molecular flexibility index (Phi) is 5.72. The Morgan fingerprint density at radius 1 is 0.906 bits per heavy atom. The summed E-state index contributed by atoms with van der Waals surface area (Å²) in [5.41, 5.74) is 9.98. The van der Waals surface area contributed by atoms with Gasteiger partial charge in [-0.25, -0.2) is 4.98 Å². The topological polar surface area (TPSA) is 99.2 Å². The molecule has 0 saturated heterocycles. The number of anilines is 1. The molecule has 4 aromatic rings. The van der Waals surface area contributed by atoms with Crippen molar-refractivity contribution in [2.75, 3.05) is 5.32 Å². The van der Waals surface area contributed by atoms with Crippen LogP contribution in [0.5, 0.6) is 11.6 Å². The monoisotopic (exact) mass is 426 g/mol. The molecule has 160 valence electrons. The van der Waals surface area contributed by atoms with Crippen molar-refractivity contribution in [1.29, 1.82) is 0 Å². The van der Waals surface area contributed by atoms with E-state index in [-0.39, 0.29) is 5.91 Å². The summed E-state index contributed by atoms with van der Waals surface area (Å²) in [6.45, 7) is 4.09. The number of carbonyl (C=O) groups excluding carboxylic acids is 2. The first-order valence-electron chi connectivity index (χ1n) is 10.0. The number of benzene rings is 2. The summed E-state index contributed by atoms with van der Waals surface area (Å²) in [5, 5.41) is 2.83. The molecule has 0 spiro atoms. The molecule has 2 aromatic carbocycles. The summed E-state index contributed by atoms with van der Waals surface area (Å²) < 4.78 is 7.78. The van der Waals surface area contributed by atoms with Gasteiger partial charge in [0.2, 0.25) is 11.8 Å². The number of primary amides is 1. The van der Waals surface area contributed by atoms with Crippen LogP contribution in [0.15, 0.2) is 79.0 Å².